The number of aryl methyl sites for hydroxylation is 1. The molecule has 27 heavy (non-hydrogen) atoms. The summed E-state index contributed by atoms with van der Waals surface area (Å²) >= 11 is 0. The molecule has 0 radical (unpaired) electrons. The van der Waals surface area contributed by atoms with E-state index < -0.39 is 11.9 Å². The summed E-state index contributed by atoms with van der Waals surface area (Å²) in [5, 5.41) is 19.2. The first-order valence-corrected chi connectivity index (χ1v) is 8.33. The fourth-order valence-corrected chi connectivity index (χ4v) is 2.91. The Hall–Kier alpha value is -3.09. The number of benzene rings is 2. The summed E-state index contributed by atoms with van der Waals surface area (Å²) in [5.74, 6) is 0.0125. The molecule has 2 rings (SSSR count). The second-order valence-corrected chi connectivity index (χ2v) is 5.90. The highest BCUT2D eigenvalue weighted by atomic mass is 16.5. The summed E-state index contributed by atoms with van der Waals surface area (Å²) in [7, 11) is 5.93. The van der Waals surface area contributed by atoms with Crippen molar-refractivity contribution in [2.45, 2.75) is 18.8 Å². The smallest absolute Gasteiger partial charge is 0.313 e. The van der Waals surface area contributed by atoms with Gasteiger partial charge in [-0.1, -0.05) is 6.07 Å². The van der Waals surface area contributed by atoms with Crippen molar-refractivity contribution in [3.63, 3.8) is 0 Å². The van der Waals surface area contributed by atoms with Gasteiger partial charge in [-0.15, -0.1) is 0 Å². The maximum atomic E-state index is 12.2. The lowest BCUT2D eigenvalue weighted by Crippen LogP contribution is -2.15. The third-order valence-electron chi connectivity index (χ3n) is 4.33. The summed E-state index contributed by atoms with van der Waals surface area (Å²) in [5.41, 5.74) is 1.45. The lowest BCUT2D eigenvalue weighted by molar-refractivity contribution is -0.142. The molecule has 0 saturated heterocycles. The Kier molecular flexibility index (Phi) is 6.76. The number of aromatic hydroxyl groups is 2. The van der Waals surface area contributed by atoms with Crippen LogP contribution in [-0.2, 0) is 16.0 Å². The number of methoxy groups -OCH3 is 4. The van der Waals surface area contributed by atoms with Crippen LogP contribution in [0.15, 0.2) is 30.3 Å². The maximum Gasteiger partial charge on any atom is 0.313 e. The largest absolute Gasteiger partial charge is 0.504 e. The molecule has 2 N–H and O–H groups in total. The Morgan fingerprint density at radius 3 is 2.04 bits per heavy atom. The molecule has 0 saturated carbocycles. The normalized spacial score (nSPS) is 11.6. The summed E-state index contributed by atoms with van der Waals surface area (Å²) in [6, 6.07) is 7.95. The Balaban J connectivity index is 2.29. The zero-order valence-corrected chi connectivity index (χ0v) is 15.8. The molecule has 7 heteroatoms. The van der Waals surface area contributed by atoms with Crippen molar-refractivity contribution in [3.8, 4) is 28.7 Å². The predicted octanol–water partition coefficient (Wildman–Crippen LogP) is 3.01. The summed E-state index contributed by atoms with van der Waals surface area (Å²) < 4.78 is 20.9. The number of ether oxygens (including phenoxy) is 4. The van der Waals surface area contributed by atoms with E-state index in [2.05, 4.69) is 0 Å². The number of carbonyl (C=O) groups is 1. The van der Waals surface area contributed by atoms with Gasteiger partial charge in [-0.05, 0) is 48.2 Å². The first-order chi connectivity index (χ1) is 12.9. The van der Waals surface area contributed by atoms with Crippen molar-refractivity contribution in [2.75, 3.05) is 28.4 Å². The number of phenols is 2. The molecule has 0 fully saturated rings. The second kappa shape index (κ2) is 9.02. The van der Waals surface area contributed by atoms with Gasteiger partial charge in [-0.2, -0.15) is 0 Å². The van der Waals surface area contributed by atoms with Crippen molar-refractivity contribution in [2.24, 2.45) is 0 Å². The third kappa shape index (κ3) is 4.55. The molecule has 0 aromatic heterocycles. The minimum absolute atomic E-state index is 0.244. The highest BCUT2D eigenvalue weighted by Gasteiger charge is 2.23. The van der Waals surface area contributed by atoms with Crippen LogP contribution in [0.3, 0.4) is 0 Å². The zero-order chi connectivity index (χ0) is 20.0. The van der Waals surface area contributed by atoms with Crippen LogP contribution in [0, 0.1) is 0 Å². The minimum atomic E-state index is -0.597. The Morgan fingerprint density at radius 1 is 0.926 bits per heavy atom. The number of hydrogen-bond acceptors (Lipinski definition) is 7. The lowest BCUT2D eigenvalue weighted by atomic mass is 9.92. The van der Waals surface area contributed by atoms with Crippen molar-refractivity contribution < 1.29 is 34.0 Å². The van der Waals surface area contributed by atoms with E-state index in [4.69, 9.17) is 18.9 Å². The average Bonchev–Trinajstić information content (AvgIpc) is 2.69. The van der Waals surface area contributed by atoms with Crippen molar-refractivity contribution >= 4 is 5.97 Å². The first-order valence-electron chi connectivity index (χ1n) is 8.33. The van der Waals surface area contributed by atoms with E-state index >= 15 is 0 Å². The monoisotopic (exact) mass is 376 g/mol. The molecule has 0 aliphatic carbocycles. The number of carbonyl (C=O) groups excluding carboxylic acids is 1. The van der Waals surface area contributed by atoms with E-state index in [0.29, 0.717) is 35.7 Å². The van der Waals surface area contributed by atoms with E-state index in [0.717, 1.165) is 5.56 Å². The van der Waals surface area contributed by atoms with Crippen molar-refractivity contribution in [3.05, 3.63) is 41.5 Å². The Morgan fingerprint density at radius 2 is 1.56 bits per heavy atom. The van der Waals surface area contributed by atoms with Crippen LogP contribution in [0.1, 0.15) is 23.5 Å². The SMILES string of the molecule is COC(=O)C(CCc1cc(OC)c(OC)c(OC)c1)c1ccc(O)c(O)c1. The van der Waals surface area contributed by atoms with Gasteiger partial charge in [0, 0.05) is 0 Å². The van der Waals surface area contributed by atoms with Crippen LogP contribution >= 0.6 is 0 Å². The Bertz CT molecular complexity index is 776. The molecule has 2 aromatic rings. The molecule has 0 spiro atoms. The van der Waals surface area contributed by atoms with Gasteiger partial charge in [0.1, 0.15) is 0 Å². The van der Waals surface area contributed by atoms with Gasteiger partial charge in [-0.3, -0.25) is 4.79 Å². The molecule has 0 aliphatic heterocycles. The van der Waals surface area contributed by atoms with Gasteiger partial charge in [-0.25, -0.2) is 0 Å². The van der Waals surface area contributed by atoms with Crippen LogP contribution in [-0.4, -0.2) is 44.6 Å². The fraction of sp³-hybridized carbons (Fsp3) is 0.350. The molecular weight excluding hydrogens is 352 g/mol. The molecule has 0 bridgehead atoms. The molecule has 0 heterocycles. The van der Waals surface area contributed by atoms with Crippen LogP contribution in [0.25, 0.3) is 0 Å². The van der Waals surface area contributed by atoms with Gasteiger partial charge >= 0.3 is 5.97 Å². The number of phenolic OH excluding ortho intramolecular Hbond substituents is 2. The molecular formula is C20H24O7. The minimum Gasteiger partial charge on any atom is -0.504 e. The number of hydrogen-bond donors (Lipinski definition) is 2. The van der Waals surface area contributed by atoms with Gasteiger partial charge in [0.15, 0.2) is 23.0 Å². The van der Waals surface area contributed by atoms with E-state index in [1.165, 1.54) is 40.6 Å². The van der Waals surface area contributed by atoms with E-state index in [1.54, 1.807) is 6.07 Å². The van der Waals surface area contributed by atoms with Gasteiger partial charge < -0.3 is 29.2 Å². The van der Waals surface area contributed by atoms with Crippen LogP contribution in [0.2, 0.25) is 0 Å². The maximum absolute atomic E-state index is 12.2. The molecule has 0 amide bonds. The summed E-state index contributed by atoms with van der Waals surface area (Å²) in [4.78, 5) is 12.2. The van der Waals surface area contributed by atoms with Crippen LogP contribution in [0.4, 0.5) is 0 Å². The topological polar surface area (TPSA) is 94.5 Å². The van der Waals surface area contributed by atoms with E-state index in [-0.39, 0.29) is 11.5 Å². The Labute approximate surface area is 158 Å². The molecule has 1 atom stereocenters. The average molecular weight is 376 g/mol. The quantitative estimate of drug-likeness (QED) is 0.540. The number of esters is 1. The summed E-state index contributed by atoms with van der Waals surface area (Å²) in [6.45, 7) is 0. The predicted molar refractivity (Wildman–Crippen MR) is 98.9 cm³/mol. The lowest BCUT2D eigenvalue weighted by Gasteiger charge is -2.17. The number of rotatable bonds is 8. The van der Waals surface area contributed by atoms with Gasteiger partial charge in [0.2, 0.25) is 5.75 Å². The third-order valence-corrected chi connectivity index (χ3v) is 4.33. The molecule has 2 aromatic carbocycles. The van der Waals surface area contributed by atoms with Crippen molar-refractivity contribution in [1.82, 2.24) is 0 Å². The van der Waals surface area contributed by atoms with E-state index in [9.17, 15) is 15.0 Å². The highest BCUT2D eigenvalue weighted by molar-refractivity contribution is 5.78. The van der Waals surface area contributed by atoms with Gasteiger partial charge in [0.25, 0.3) is 0 Å². The standard InChI is InChI=1S/C20H24O7/c1-24-17-9-12(10-18(25-2)19(17)26-3)5-7-14(20(23)27-4)13-6-8-15(21)16(22)11-13/h6,8-11,14,21-22H,5,7H2,1-4H3. The van der Waals surface area contributed by atoms with Crippen LogP contribution in [0.5, 0.6) is 28.7 Å². The van der Waals surface area contributed by atoms with Gasteiger partial charge in [0.05, 0.1) is 34.4 Å². The molecule has 1 unspecified atom stereocenters. The molecule has 146 valence electrons. The summed E-state index contributed by atoms with van der Waals surface area (Å²) in [6.07, 6.45) is 0.952. The highest BCUT2D eigenvalue weighted by Crippen LogP contribution is 2.39. The van der Waals surface area contributed by atoms with Crippen LogP contribution < -0.4 is 14.2 Å². The van der Waals surface area contributed by atoms with Crippen molar-refractivity contribution in [1.29, 1.82) is 0 Å². The second-order valence-electron chi connectivity index (χ2n) is 5.90. The molecule has 7 nitrogen and oxygen atoms in total. The molecule has 0 aliphatic rings. The zero-order valence-electron chi connectivity index (χ0n) is 15.8. The van der Waals surface area contributed by atoms with E-state index in [1.807, 2.05) is 12.1 Å². The fourth-order valence-electron chi connectivity index (χ4n) is 2.91. The first kappa shape index (κ1) is 20.2.